The predicted molar refractivity (Wildman–Crippen MR) is 53.4 cm³/mol. The smallest absolute Gasteiger partial charge is 0.114 e. The number of benzene rings is 1. The van der Waals surface area contributed by atoms with Gasteiger partial charge in [-0.3, -0.25) is 0 Å². The molecule has 13 heavy (non-hydrogen) atoms. The van der Waals surface area contributed by atoms with Crippen LogP contribution in [0.5, 0.6) is 0 Å². The molecule has 0 saturated heterocycles. The lowest BCUT2D eigenvalue weighted by molar-refractivity contribution is 0.768. The molecule has 1 atom stereocenters. The molecule has 0 aliphatic rings. The van der Waals surface area contributed by atoms with E-state index in [2.05, 4.69) is 12.1 Å². The number of hydrogen-bond donors (Lipinski definition) is 0. The van der Waals surface area contributed by atoms with Crippen LogP contribution in [0.15, 0.2) is 24.3 Å². The highest BCUT2D eigenvalue weighted by atomic mass is 15.1. The summed E-state index contributed by atoms with van der Waals surface area (Å²) in [5.41, 5.74) is 1.08. The summed E-state index contributed by atoms with van der Waals surface area (Å²) in [6.07, 6.45) is 0. The van der Waals surface area contributed by atoms with Crippen molar-refractivity contribution < 1.29 is 0 Å². The summed E-state index contributed by atoms with van der Waals surface area (Å²) in [4.78, 5) is 2.05. The van der Waals surface area contributed by atoms with Gasteiger partial charge >= 0.3 is 0 Å². The van der Waals surface area contributed by atoms with Crippen molar-refractivity contribution >= 4 is 5.69 Å². The molecule has 1 unspecified atom stereocenters. The van der Waals surface area contributed by atoms with E-state index in [4.69, 9.17) is 5.26 Å². The molecule has 0 N–H and O–H groups in total. The van der Waals surface area contributed by atoms with Gasteiger partial charge in [-0.2, -0.15) is 5.26 Å². The summed E-state index contributed by atoms with van der Waals surface area (Å²) in [6, 6.07) is 12.8. The molecule has 1 radical (unpaired) electrons. The van der Waals surface area contributed by atoms with Crippen molar-refractivity contribution in [1.82, 2.24) is 0 Å². The Balaban J connectivity index is 2.86. The molecule has 0 saturated carbocycles. The largest absolute Gasteiger partial charge is 0.356 e. The quantitative estimate of drug-likeness (QED) is 0.700. The molecule has 1 aromatic carbocycles. The van der Waals surface area contributed by atoms with E-state index >= 15 is 0 Å². The average molecular weight is 173 g/mol. The molecular weight excluding hydrogens is 160 g/mol. The van der Waals surface area contributed by atoms with Crippen molar-refractivity contribution in [2.24, 2.45) is 0 Å². The molecule has 0 heterocycles. The lowest BCUT2D eigenvalue weighted by Gasteiger charge is -2.25. The van der Waals surface area contributed by atoms with Gasteiger partial charge in [0.1, 0.15) is 6.04 Å². The van der Waals surface area contributed by atoms with Crippen molar-refractivity contribution in [3.05, 3.63) is 30.3 Å². The highest BCUT2D eigenvalue weighted by Gasteiger charge is 2.10. The Hall–Kier alpha value is -1.49. The zero-order valence-corrected chi connectivity index (χ0v) is 7.99. The summed E-state index contributed by atoms with van der Waals surface area (Å²) >= 11 is 0. The molecule has 0 aliphatic heterocycles. The third kappa shape index (κ3) is 2.22. The molecule has 2 nitrogen and oxygen atoms in total. The first-order valence-electron chi connectivity index (χ1n) is 4.42. The molecule has 1 aromatic rings. The normalized spacial score (nSPS) is 11.8. The Kier molecular flexibility index (Phi) is 3.33. The van der Waals surface area contributed by atoms with Crippen molar-refractivity contribution in [1.29, 1.82) is 5.26 Å². The molecule has 0 spiro atoms. The third-order valence-corrected chi connectivity index (χ3v) is 2.03. The second-order valence-electron chi connectivity index (χ2n) is 2.85. The summed E-state index contributed by atoms with van der Waals surface area (Å²) in [7, 11) is 0. The summed E-state index contributed by atoms with van der Waals surface area (Å²) in [5.74, 6) is 0. The second-order valence-corrected chi connectivity index (χ2v) is 2.85. The first kappa shape index (κ1) is 9.60. The van der Waals surface area contributed by atoms with Crippen LogP contribution in [0.2, 0.25) is 0 Å². The van der Waals surface area contributed by atoms with E-state index in [1.165, 1.54) is 0 Å². The van der Waals surface area contributed by atoms with Crippen LogP contribution >= 0.6 is 0 Å². The van der Waals surface area contributed by atoms with Crippen molar-refractivity contribution in [3.63, 3.8) is 0 Å². The zero-order chi connectivity index (χ0) is 9.68. The summed E-state index contributed by atoms with van der Waals surface area (Å²) in [6.45, 7) is 4.80. The minimum atomic E-state index is -0.0765. The maximum atomic E-state index is 8.80. The van der Waals surface area contributed by atoms with E-state index in [-0.39, 0.29) is 6.04 Å². The van der Waals surface area contributed by atoms with Crippen molar-refractivity contribution in [3.8, 4) is 6.07 Å². The number of anilines is 1. The van der Waals surface area contributed by atoms with Gasteiger partial charge < -0.3 is 4.90 Å². The zero-order valence-electron chi connectivity index (χ0n) is 7.99. The molecule has 0 amide bonds. The van der Waals surface area contributed by atoms with Gasteiger partial charge in [0.2, 0.25) is 0 Å². The monoisotopic (exact) mass is 173 g/mol. The summed E-state index contributed by atoms with van der Waals surface area (Å²) < 4.78 is 0. The first-order valence-corrected chi connectivity index (χ1v) is 4.42. The maximum absolute atomic E-state index is 8.80. The van der Waals surface area contributed by atoms with E-state index in [1.807, 2.05) is 43.0 Å². The van der Waals surface area contributed by atoms with E-state index in [0.29, 0.717) is 0 Å². The van der Waals surface area contributed by atoms with Crippen molar-refractivity contribution in [2.75, 3.05) is 11.4 Å². The topological polar surface area (TPSA) is 27.0 Å². The fourth-order valence-corrected chi connectivity index (χ4v) is 1.32. The Morgan fingerprint density at radius 2 is 2.15 bits per heavy atom. The van der Waals surface area contributed by atoms with E-state index in [1.54, 1.807) is 0 Å². The standard InChI is InChI=1S/C11H13N2/c1-3-13(10(2)9-12)11-7-5-4-6-8-11/h5-8,10H,3H2,1-2H3. The molecule has 2 heteroatoms. The number of nitriles is 1. The number of hydrogen-bond acceptors (Lipinski definition) is 2. The van der Waals surface area contributed by atoms with Gasteiger partial charge in [0.05, 0.1) is 6.07 Å². The Bertz CT molecular complexity index is 287. The van der Waals surface area contributed by atoms with Crippen molar-refractivity contribution in [2.45, 2.75) is 19.9 Å². The average Bonchev–Trinajstić information content (AvgIpc) is 2.20. The van der Waals surface area contributed by atoms with Gasteiger partial charge in [0, 0.05) is 12.2 Å². The van der Waals surface area contributed by atoms with Crippen LogP contribution < -0.4 is 4.90 Å². The Morgan fingerprint density at radius 1 is 1.54 bits per heavy atom. The molecular formula is C11H13N2. The van der Waals surface area contributed by atoms with Gasteiger partial charge in [-0.25, -0.2) is 0 Å². The minimum absolute atomic E-state index is 0.0765. The molecule has 0 aliphatic carbocycles. The van der Waals surface area contributed by atoms with Crippen LogP contribution in [0.1, 0.15) is 13.8 Å². The fraction of sp³-hybridized carbons (Fsp3) is 0.364. The SMILES string of the molecule is CCN(c1cc[c]cc1)C(C)C#N. The summed E-state index contributed by atoms with van der Waals surface area (Å²) in [5, 5.41) is 8.80. The van der Waals surface area contributed by atoms with Crippen LogP contribution in [0.25, 0.3) is 0 Å². The molecule has 0 fully saturated rings. The minimum Gasteiger partial charge on any atom is -0.356 e. The van der Waals surface area contributed by atoms with Crippen LogP contribution in [0.4, 0.5) is 5.69 Å². The van der Waals surface area contributed by atoms with Gasteiger partial charge in [-0.15, -0.1) is 0 Å². The van der Waals surface area contributed by atoms with E-state index < -0.39 is 0 Å². The Morgan fingerprint density at radius 3 is 2.62 bits per heavy atom. The van der Waals surface area contributed by atoms with Gasteiger partial charge in [-0.1, -0.05) is 12.1 Å². The Labute approximate surface area is 79.4 Å². The lowest BCUT2D eigenvalue weighted by atomic mass is 10.2. The fourth-order valence-electron chi connectivity index (χ4n) is 1.32. The molecule has 1 rings (SSSR count). The number of nitrogens with zero attached hydrogens (tertiary/aromatic N) is 2. The highest BCUT2D eigenvalue weighted by molar-refractivity contribution is 5.47. The van der Waals surface area contributed by atoms with Crippen LogP contribution in [0.3, 0.4) is 0 Å². The second kappa shape index (κ2) is 4.51. The predicted octanol–water partition coefficient (Wildman–Crippen LogP) is 2.23. The van der Waals surface area contributed by atoms with Crippen LogP contribution in [-0.4, -0.2) is 12.6 Å². The van der Waals surface area contributed by atoms with Gasteiger partial charge in [0.25, 0.3) is 0 Å². The molecule has 67 valence electrons. The van der Waals surface area contributed by atoms with Crippen LogP contribution in [0, 0.1) is 17.4 Å². The third-order valence-electron chi connectivity index (χ3n) is 2.03. The van der Waals surface area contributed by atoms with Gasteiger partial charge in [-0.05, 0) is 32.0 Å². The van der Waals surface area contributed by atoms with Crippen LogP contribution in [-0.2, 0) is 0 Å². The van der Waals surface area contributed by atoms with Gasteiger partial charge in [0.15, 0.2) is 0 Å². The maximum Gasteiger partial charge on any atom is 0.114 e. The van der Waals surface area contributed by atoms with E-state index in [9.17, 15) is 0 Å². The molecule has 0 bridgehead atoms. The lowest BCUT2D eigenvalue weighted by Crippen LogP contribution is -2.31. The highest BCUT2D eigenvalue weighted by Crippen LogP contribution is 2.14. The van der Waals surface area contributed by atoms with E-state index in [0.717, 1.165) is 12.2 Å². The number of rotatable bonds is 3. The first-order chi connectivity index (χ1) is 6.29. The molecule has 0 aromatic heterocycles.